The Bertz CT molecular complexity index is 522. The largest absolute Gasteiger partial charge is 0.394 e. The molecule has 0 saturated heterocycles. The first kappa shape index (κ1) is 16.5. The quantitative estimate of drug-likeness (QED) is 0.749. The molecule has 1 atom stereocenters. The third-order valence-electron chi connectivity index (χ3n) is 3.80. The molecule has 116 valence electrons. The molecule has 1 aliphatic carbocycles. The first-order chi connectivity index (χ1) is 9.98. The van der Waals surface area contributed by atoms with Gasteiger partial charge in [-0.25, -0.2) is 4.79 Å². The first-order valence-corrected chi connectivity index (χ1v) is 8.73. The van der Waals surface area contributed by atoms with Crippen molar-refractivity contribution in [1.82, 2.24) is 5.32 Å². The smallest absolute Gasteiger partial charge is 0.319 e. The maximum absolute atomic E-state index is 12.1. The number of carbonyl (C=O) groups excluding carboxylic acids is 1. The van der Waals surface area contributed by atoms with Crippen LogP contribution in [0.15, 0.2) is 18.2 Å². The fourth-order valence-corrected chi connectivity index (χ4v) is 3.01. The van der Waals surface area contributed by atoms with E-state index < -0.39 is 5.54 Å². The van der Waals surface area contributed by atoms with Crippen molar-refractivity contribution in [2.45, 2.75) is 31.1 Å². The van der Waals surface area contributed by atoms with E-state index in [2.05, 4.69) is 10.6 Å². The van der Waals surface area contributed by atoms with Gasteiger partial charge < -0.3 is 15.7 Å². The maximum atomic E-state index is 12.1. The molecule has 0 unspecified atom stereocenters. The Morgan fingerprint density at radius 1 is 1.52 bits per heavy atom. The van der Waals surface area contributed by atoms with Crippen molar-refractivity contribution in [3.05, 3.63) is 28.8 Å². The van der Waals surface area contributed by atoms with Crippen LogP contribution in [0.25, 0.3) is 0 Å². The minimum Gasteiger partial charge on any atom is -0.394 e. The molecule has 21 heavy (non-hydrogen) atoms. The summed E-state index contributed by atoms with van der Waals surface area (Å²) in [5.41, 5.74) is 1.14. The summed E-state index contributed by atoms with van der Waals surface area (Å²) in [4.78, 5) is 12.1. The lowest BCUT2D eigenvalue weighted by molar-refractivity contribution is 0.159. The van der Waals surface area contributed by atoms with E-state index in [-0.39, 0.29) is 12.6 Å². The summed E-state index contributed by atoms with van der Waals surface area (Å²) < 4.78 is 0. The SMILES string of the molecule is CSCc1ccc(Cl)c(NC(=O)N[C@](C)(CO)C2CC2)c1. The maximum Gasteiger partial charge on any atom is 0.319 e. The van der Waals surface area contributed by atoms with E-state index in [4.69, 9.17) is 11.6 Å². The van der Waals surface area contributed by atoms with E-state index in [1.54, 1.807) is 17.8 Å². The van der Waals surface area contributed by atoms with Crippen molar-refractivity contribution in [3.8, 4) is 0 Å². The summed E-state index contributed by atoms with van der Waals surface area (Å²) in [6.07, 6.45) is 4.11. The van der Waals surface area contributed by atoms with Crippen molar-refractivity contribution < 1.29 is 9.90 Å². The van der Waals surface area contributed by atoms with Crippen LogP contribution in [0.3, 0.4) is 0 Å². The number of anilines is 1. The molecule has 3 N–H and O–H groups in total. The van der Waals surface area contributed by atoms with Gasteiger partial charge in [0.05, 0.1) is 22.9 Å². The molecule has 1 fully saturated rings. The lowest BCUT2D eigenvalue weighted by Gasteiger charge is -2.28. The van der Waals surface area contributed by atoms with Gasteiger partial charge in [-0.1, -0.05) is 17.7 Å². The number of carbonyl (C=O) groups is 1. The van der Waals surface area contributed by atoms with Crippen LogP contribution in [0, 0.1) is 5.92 Å². The summed E-state index contributed by atoms with van der Waals surface area (Å²) in [5, 5.41) is 15.7. The Labute approximate surface area is 134 Å². The fourth-order valence-electron chi connectivity index (χ4n) is 2.33. The van der Waals surface area contributed by atoms with Crippen LogP contribution in [-0.4, -0.2) is 29.5 Å². The predicted molar refractivity (Wildman–Crippen MR) is 89.0 cm³/mol. The van der Waals surface area contributed by atoms with E-state index in [9.17, 15) is 9.90 Å². The number of amides is 2. The van der Waals surface area contributed by atoms with Crippen molar-refractivity contribution in [3.63, 3.8) is 0 Å². The number of nitrogens with one attached hydrogen (secondary N) is 2. The van der Waals surface area contributed by atoms with Gasteiger partial charge in [0.2, 0.25) is 0 Å². The molecule has 1 aromatic carbocycles. The third kappa shape index (κ3) is 4.28. The molecule has 1 aromatic rings. The van der Waals surface area contributed by atoms with Gasteiger partial charge in [0.25, 0.3) is 0 Å². The zero-order valence-corrected chi connectivity index (χ0v) is 13.9. The number of aliphatic hydroxyl groups is 1. The van der Waals surface area contributed by atoms with Gasteiger partial charge >= 0.3 is 6.03 Å². The molecule has 6 heteroatoms. The number of hydrogen-bond acceptors (Lipinski definition) is 3. The molecular weight excluding hydrogens is 308 g/mol. The highest BCUT2D eigenvalue weighted by Crippen LogP contribution is 2.39. The summed E-state index contributed by atoms with van der Waals surface area (Å²) in [7, 11) is 0. The number of benzene rings is 1. The predicted octanol–water partition coefficient (Wildman–Crippen LogP) is 3.49. The zero-order chi connectivity index (χ0) is 15.5. The van der Waals surface area contributed by atoms with Crippen molar-refractivity contribution in [2.75, 3.05) is 18.2 Å². The van der Waals surface area contributed by atoms with E-state index in [0.717, 1.165) is 24.2 Å². The molecule has 4 nitrogen and oxygen atoms in total. The van der Waals surface area contributed by atoms with Gasteiger partial charge in [0, 0.05) is 5.75 Å². The van der Waals surface area contributed by atoms with Crippen LogP contribution in [0.4, 0.5) is 10.5 Å². The number of hydrogen-bond donors (Lipinski definition) is 3. The van der Waals surface area contributed by atoms with Crippen LogP contribution in [0.2, 0.25) is 5.02 Å². The van der Waals surface area contributed by atoms with E-state index in [1.165, 1.54) is 0 Å². The van der Waals surface area contributed by atoms with Gasteiger partial charge in [-0.3, -0.25) is 0 Å². The van der Waals surface area contributed by atoms with E-state index in [0.29, 0.717) is 16.6 Å². The third-order valence-corrected chi connectivity index (χ3v) is 4.75. The summed E-state index contributed by atoms with van der Waals surface area (Å²) in [6.45, 7) is 1.81. The Morgan fingerprint density at radius 2 is 2.24 bits per heavy atom. The lowest BCUT2D eigenvalue weighted by atomic mass is 9.97. The van der Waals surface area contributed by atoms with E-state index in [1.807, 2.05) is 25.3 Å². The van der Waals surface area contributed by atoms with Crippen LogP contribution < -0.4 is 10.6 Å². The van der Waals surface area contributed by atoms with Gasteiger partial charge in [-0.2, -0.15) is 11.8 Å². The highest BCUT2D eigenvalue weighted by Gasteiger charge is 2.42. The topological polar surface area (TPSA) is 61.4 Å². The summed E-state index contributed by atoms with van der Waals surface area (Å²) in [5.74, 6) is 1.22. The molecule has 0 radical (unpaired) electrons. The molecule has 1 aliphatic rings. The van der Waals surface area contributed by atoms with Crippen LogP contribution in [-0.2, 0) is 5.75 Å². The highest BCUT2D eigenvalue weighted by molar-refractivity contribution is 7.97. The number of urea groups is 1. The number of halogens is 1. The number of thioether (sulfide) groups is 1. The number of aliphatic hydroxyl groups excluding tert-OH is 1. The fraction of sp³-hybridized carbons (Fsp3) is 0.533. The van der Waals surface area contributed by atoms with Gasteiger partial charge in [0.15, 0.2) is 0 Å². The summed E-state index contributed by atoms with van der Waals surface area (Å²) in [6, 6.07) is 5.28. The van der Waals surface area contributed by atoms with Gasteiger partial charge in [-0.05, 0) is 49.6 Å². The second kappa shape index (κ2) is 6.90. The van der Waals surface area contributed by atoms with Crippen LogP contribution in [0.1, 0.15) is 25.3 Å². The average molecular weight is 329 g/mol. The molecule has 0 heterocycles. The lowest BCUT2D eigenvalue weighted by Crippen LogP contribution is -2.52. The molecule has 0 aliphatic heterocycles. The van der Waals surface area contributed by atoms with Crippen LogP contribution >= 0.6 is 23.4 Å². The zero-order valence-electron chi connectivity index (χ0n) is 12.3. The van der Waals surface area contributed by atoms with Crippen molar-refractivity contribution in [1.29, 1.82) is 0 Å². The summed E-state index contributed by atoms with van der Waals surface area (Å²) >= 11 is 7.83. The Hall–Kier alpha value is -0.910. The number of rotatable bonds is 6. The van der Waals surface area contributed by atoms with E-state index >= 15 is 0 Å². The molecule has 2 amide bonds. The average Bonchev–Trinajstić information content (AvgIpc) is 3.27. The standard InChI is InChI=1S/C15H21ClN2O2S/c1-15(9-19,11-4-5-11)18-14(20)17-13-7-10(8-21-2)3-6-12(13)16/h3,6-7,11,19H,4-5,8-9H2,1-2H3,(H2,17,18,20)/t15-/m1/s1. The van der Waals surface area contributed by atoms with Gasteiger partial charge in [0.1, 0.15) is 0 Å². The molecule has 0 spiro atoms. The second-order valence-corrected chi connectivity index (χ2v) is 6.95. The molecule has 0 bridgehead atoms. The van der Waals surface area contributed by atoms with Crippen molar-refractivity contribution >= 4 is 35.1 Å². The molecule has 0 aromatic heterocycles. The second-order valence-electron chi connectivity index (χ2n) is 5.68. The monoisotopic (exact) mass is 328 g/mol. The van der Waals surface area contributed by atoms with Gasteiger partial charge in [-0.15, -0.1) is 0 Å². The minimum absolute atomic E-state index is 0.0642. The Morgan fingerprint density at radius 3 is 2.81 bits per heavy atom. The molecule has 2 rings (SSSR count). The molecular formula is C15H21ClN2O2S. The normalized spacial score (nSPS) is 17.1. The Kier molecular flexibility index (Phi) is 5.41. The first-order valence-electron chi connectivity index (χ1n) is 6.96. The van der Waals surface area contributed by atoms with Crippen molar-refractivity contribution in [2.24, 2.45) is 5.92 Å². The van der Waals surface area contributed by atoms with Crippen LogP contribution in [0.5, 0.6) is 0 Å². The Balaban J connectivity index is 2.03. The minimum atomic E-state index is -0.562. The highest BCUT2D eigenvalue weighted by atomic mass is 35.5. The molecule has 1 saturated carbocycles.